The van der Waals surface area contributed by atoms with Gasteiger partial charge in [-0.3, -0.25) is 0 Å². The Bertz CT molecular complexity index is 139. The van der Waals surface area contributed by atoms with Gasteiger partial charge in [-0.15, -0.1) is 0 Å². The van der Waals surface area contributed by atoms with Crippen LogP contribution in [0.5, 0.6) is 0 Å². The third-order valence-corrected chi connectivity index (χ3v) is 10.0. The summed E-state index contributed by atoms with van der Waals surface area (Å²) in [5, 5.41) is 0. The fourth-order valence-corrected chi connectivity index (χ4v) is 7.07. The normalized spacial score (nSPS) is 26.0. The summed E-state index contributed by atoms with van der Waals surface area (Å²) >= 11 is -3.86. The monoisotopic (exact) mass is 380 g/mol. The van der Waals surface area contributed by atoms with Crippen molar-refractivity contribution in [3.8, 4) is 0 Å². The van der Waals surface area contributed by atoms with Crippen molar-refractivity contribution >= 4 is 18.8 Å². The first-order valence-electron chi connectivity index (χ1n) is 3.60. The minimum atomic E-state index is -3.86. The van der Waals surface area contributed by atoms with Crippen molar-refractivity contribution < 1.29 is 13.2 Å². The molecule has 0 spiro atoms. The van der Waals surface area contributed by atoms with Gasteiger partial charge in [0, 0.05) is 0 Å². The van der Waals surface area contributed by atoms with E-state index in [1.807, 2.05) is 0 Å². The maximum atomic E-state index is 5.97. The molecule has 4 N–H and O–H groups in total. The summed E-state index contributed by atoms with van der Waals surface area (Å²) < 4.78 is 11.7. The molecule has 0 amide bonds. The zero-order valence-electron chi connectivity index (χ0n) is 6.34. The molecule has 0 atom stereocenters. The van der Waals surface area contributed by atoms with Gasteiger partial charge < -0.3 is 0 Å². The second-order valence-corrected chi connectivity index (χ2v) is 20.1. The van der Waals surface area contributed by atoms with Gasteiger partial charge in [-0.25, -0.2) is 0 Å². The standard InChI is InChI=1S/C6H11.2ClH.2H2N.Pt/c1-2-4-6-5-3-1;;;;;/h1H,2-6H2;2*1H;2*1H2;/q;;;2*-1;+4/p-2. The summed E-state index contributed by atoms with van der Waals surface area (Å²) in [4.78, 5) is 0. The molecule has 0 aliphatic heterocycles. The summed E-state index contributed by atoms with van der Waals surface area (Å²) in [6.45, 7) is 0. The molecule has 11 heavy (non-hydrogen) atoms. The number of rotatable bonds is 1. The summed E-state index contributed by atoms with van der Waals surface area (Å²) in [6.07, 6.45) is 5.67. The quantitative estimate of drug-likeness (QED) is 0.734. The number of hydrogen-bond donors (Lipinski definition) is 2. The second kappa shape index (κ2) is 3.15. The van der Waals surface area contributed by atoms with Gasteiger partial charge in [-0.2, -0.15) is 0 Å². The molecule has 0 aromatic heterocycles. The van der Waals surface area contributed by atoms with Crippen molar-refractivity contribution in [3.05, 3.63) is 0 Å². The van der Waals surface area contributed by atoms with Gasteiger partial charge in [0.05, 0.1) is 0 Å². The van der Waals surface area contributed by atoms with E-state index in [1.165, 1.54) is 19.3 Å². The molecule has 1 aliphatic rings. The van der Waals surface area contributed by atoms with E-state index >= 15 is 0 Å². The number of nitrogens with two attached hydrogens (primary N) is 2. The molecule has 0 radical (unpaired) electrons. The molecule has 5 heteroatoms. The molecule has 0 aromatic rings. The minimum absolute atomic E-state index is 0.220. The van der Waals surface area contributed by atoms with Crippen LogP contribution >= 0.6 is 18.8 Å². The first kappa shape index (κ1) is 10.3. The first-order chi connectivity index (χ1) is 4.86. The van der Waals surface area contributed by atoms with E-state index in [1.54, 1.807) is 0 Å². The molecular weight excluding hydrogens is 366 g/mol. The molecule has 0 unspecified atom stereocenters. The summed E-state index contributed by atoms with van der Waals surface area (Å²) in [6, 6.07) is 0. The van der Waals surface area contributed by atoms with E-state index < -0.39 is 13.2 Å². The average molecular weight is 381 g/mol. The topological polar surface area (TPSA) is 52.0 Å². The van der Waals surface area contributed by atoms with E-state index in [2.05, 4.69) is 0 Å². The van der Waals surface area contributed by atoms with Gasteiger partial charge in [0.2, 0.25) is 0 Å². The van der Waals surface area contributed by atoms with Gasteiger partial charge in [0.1, 0.15) is 0 Å². The molecule has 0 saturated heterocycles. The fourth-order valence-electron chi connectivity index (χ4n) is 1.38. The molecule has 1 saturated carbocycles. The van der Waals surface area contributed by atoms with E-state index in [4.69, 9.17) is 27.4 Å². The summed E-state index contributed by atoms with van der Waals surface area (Å²) in [7, 11) is 11.9. The molecule has 2 nitrogen and oxygen atoms in total. The Morgan fingerprint density at radius 1 is 1.00 bits per heavy atom. The van der Waals surface area contributed by atoms with Crippen molar-refractivity contribution in [2.24, 2.45) is 8.58 Å². The van der Waals surface area contributed by atoms with Crippen LogP contribution in [-0.2, 0) is 13.2 Å². The van der Waals surface area contributed by atoms with Crippen molar-refractivity contribution in [1.82, 2.24) is 0 Å². The molecule has 73 valence electrons. The number of hydrogen-bond acceptors (Lipinski definition) is 2. The Kier molecular flexibility index (Phi) is 2.95. The Morgan fingerprint density at radius 2 is 1.45 bits per heavy atom. The van der Waals surface area contributed by atoms with E-state index in [9.17, 15) is 0 Å². The molecule has 0 heterocycles. The van der Waals surface area contributed by atoms with Crippen molar-refractivity contribution in [1.29, 1.82) is 0 Å². The van der Waals surface area contributed by atoms with Gasteiger partial charge in [-0.05, 0) is 0 Å². The Balaban J connectivity index is 2.59. The van der Waals surface area contributed by atoms with Gasteiger partial charge >= 0.3 is 77.1 Å². The van der Waals surface area contributed by atoms with E-state index in [0.29, 0.717) is 0 Å². The van der Waals surface area contributed by atoms with Crippen molar-refractivity contribution in [2.45, 2.75) is 36.4 Å². The summed E-state index contributed by atoms with van der Waals surface area (Å²) in [5.74, 6) is 0. The Labute approximate surface area is 76.9 Å². The van der Waals surface area contributed by atoms with Crippen LogP contribution in [0.3, 0.4) is 0 Å². The Morgan fingerprint density at radius 3 is 1.73 bits per heavy atom. The second-order valence-electron chi connectivity index (χ2n) is 2.96. The maximum absolute atomic E-state index is 5.97. The average Bonchev–Trinajstić information content (AvgIpc) is 1.86. The SMILES string of the molecule is [NH2][Pt]([NH2])([Cl])([Cl])[CH]1CCCCC1. The van der Waals surface area contributed by atoms with Crippen LogP contribution < -0.4 is 8.58 Å². The molecule has 1 fully saturated rings. The predicted octanol–water partition coefficient (Wildman–Crippen LogP) is 2.48. The zero-order chi connectivity index (χ0) is 8.56. The van der Waals surface area contributed by atoms with Crippen molar-refractivity contribution in [2.75, 3.05) is 0 Å². The van der Waals surface area contributed by atoms with Crippen LogP contribution in [-0.4, -0.2) is 0 Å². The number of halogens is 2. The van der Waals surface area contributed by atoms with Gasteiger partial charge in [-0.1, -0.05) is 0 Å². The van der Waals surface area contributed by atoms with Gasteiger partial charge in [0.25, 0.3) is 0 Å². The fraction of sp³-hybridized carbons (Fsp3) is 1.00. The molecular formula is C6H15Cl2N2Pt. The van der Waals surface area contributed by atoms with Crippen LogP contribution in [0.2, 0.25) is 4.31 Å². The Hall–Kier alpha value is 1.19. The molecule has 0 aromatic carbocycles. The van der Waals surface area contributed by atoms with Crippen LogP contribution in [0.25, 0.3) is 0 Å². The third-order valence-electron chi connectivity index (χ3n) is 1.99. The van der Waals surface area contributed by atoms with Gasteiger partial charge in [0.15, 0.2) is 0 Å². The molecule has 0 bridgehead atoms. The van der Waals surface area contributed by atoms with Crippen LogP contribution in [0.1, 0.15) is 32.1 Å². The van der Waals surface area contributed by atoms with E-state index in [-0.39, 0.29) is 4.31 Å². The summed E-state index contributed by atoms with van der Waals surface area (Å²) in [5.41, 5.74) is 0. The molecule has 1 rings (SSSR count). The molecule has 1 aliphatic carbocycles. The predicted molar refractivity (Wildman–Crippen MR) is 46.9 cm³/mol. The van der Waals surface area contributed by atoms with Crippen molar-refractivity contribution in [3.63, 3.8) is 0 Å². The zero-order valence-corrected chi connectivity index (χ0v) is 10.1. The first-order valence-corrected chi connectivity index (χ1v) is 13.2. The van der Waals surface area contributed by atoms with E-state index in [0.717, 1.165) is 12.8 Å². The third kappa shape index (κ3) is 3.20. The van der Waals surface area contributed by atoms with Crippen LogP contribution in [0.4, 0.5) is 0 Å². The van der Waals surface area contributed by atoms with Crippen LogP contribution in [0, 0.1) is 0 Å². The van der Waals surface area contributed by atoms with Crippen LogP contribution in [0.15, 0.2) is 0 Å².